The SMILES string of the molecule is C=C1/C=C(OC)\C(OC)=C/CN=CN=C1C1CCN(C(=O)Nc2ccc(NCCCCC)cc2)CC1. The monoisotopic (exact) mass is 493 g/mol. The molecular formula is C28H39N5O3. The van der Waals surface area contributed by atoms with Crippen molar-refractivity contribution in [3.63, 3.8) is 0 Å². The number of allylic oxidation sites excluding steroid dienone is 2. The number of rotatable bonds is 9. The molecule has 36 heavy (non-hydrogen) atoms. The number of methoxy groups -OCH3 is 2. The van der Waals surface area contributed by atoms with E-state index < -0.39 is 0 Å². The van der Waals surface area contributed by atoms with Gasteiger partial charge >= 0.3 is 6.03 Å². The minimum Gasteiger partial charge on any atom is -0.493 e. The standard InChI is InChI=1S/C28H39N5O3/c1-5-6-7-15-30-23-8-10-24(11-9-23)32-28(34)33-17-13-22(14-18-33)27-21(2)19-26(36-4)25(35-3)12-16-29-20-31-27/h8-12,19-20,22,30H,2,5-7,13-18H2,1,3-4H3,(H,32,34)/b25-12+,26-19+,29-20?,31-27?. The third kappa shape index (κ3) is 7.73. The summed E-state index contributed by atoms with van der Waals surface area (Å²) >= 11 is 0. The molecule has 0 aliphatic carbocycles. The maximum Gasteiger partial charge on any atom is 0.321 e. The summed E-state index contributed by atoms with van der Waals surface area (Å²) in [6.45, 7) is 9.11. The third-order valence-corrected chi connectivity index (χ3v) is 6.39. The number of urea groups is 1. The van der Waals surface area contributed by atoms with Crippen molar-refractivity contribution in [2.75, 3.05) is 51.0 Å². The Balaban J connectivity index is 1.55. The van der Waals surface area contributed by atoms with Crippen molar-refractivity contribution in [2.45, 2.75) is 39.0 Å². The summed E-state index contributed by atoms with van der Waals surface area (Å²) in [5.41, 5.74) is 3.49. The molecule has 1 aromatic rings. The van der Waals surface area contributed by atoms with Crippen molar-refractivity contribution in [3.8, 4) is 0 Å². The average molecular weight is 494 g/mol. The Morgan fingerprint density at radius 1 is 1.08 bits per heavy atom. The first-order valence-electron chi connectivity index (χ1n) is 12.7. The fourth-order valence-corrected chi connectivity index (χ4v) is 4.32. The summed E-state index contributed by atoms with van der Waals surface area (Å²) in [4.78, 5) is 23.7. The fourth-order valence-electron chi connectivity index (χ4n) is 4.32. The summed E-state index contributed by atoms with van der Waals surface area (Å²) < 4.78 is 10.9. The molecule has 0 radical (unpaired) electrons. The second-order valence-electron chi connectivity index (χ2n) is 8.91. The zero-order chi connectivity index (χ0) is 25.8. The molecule has 2 heterocycles. The molecule has 0 unspecified atom stereocenters. The van der Waals surface area contributed by atoms with Gasteiger partial charge in [0.15, 0.2) is 11.5 Å². The van der Waals surface area contributed by atoms with E-state index in [9.17, 15) is 4.79 Å². The number of unbranched alkanes of at least 4 members (excludes halogenated alkanes) is 2. The molecule has 1 aromatic carbocycles. The van der Waals surface area contributed by atoms with Gasteiger partial charge in [0.25, 0.3) is 0 Å². The zero-order valence-electron chi connectivity index (χ0n) is 21.8. The van der Waals surface area contributed by atoms with Gasteiger partial charge < -0.3 is 25.0 Å². The average Bonchev–Trinajstić information content (AvgIpc) is 2.90. The molecule has 2 aliphatic rings. The van der Waals surface area contributed by atoms with Crippen molar-refractivity contribution in [1.29, 1.82) is 0 Å². The Hall–Kier alpha value is -3.55. The lowest BCUT2D eigenvalue weighted by atomic mass is 9.88. The van der Waals surface area contributed by atoms with Gasteiger partial charge in [-0.05, 0) is 61.3 Å². The van der Waals surface area contributed by atoms with E-state index in [1.165, 1.54) is 12.8 Å². The van der Waals surface area contributed by atoms with Crippen LogP contribution < -0.4 is 10.6 Å². The number of nitrogens with one attached hydrogen (secondary N) is 2. The van der Waals surface area contributed by atoms with Crippen LogP contribution in [0.4, 0.5) is 16.2 Å². The molecular weight excluding hydrogens is 454 g/mol. The Labute approximate surface area is 214 Å². The number of ether oxygens (including phenoxy) is 2. The van der Waals surface area contributed by atoms with Gasteiger partial charge in [0.2, 0.25) is 0 Å². The van der Waals surface area contributed by atoms with Crippen LogP contribution in [0.15, 0.2) is 70.1 Å². The number of aliphatic imine (C=N–C) groups is 2. The van der Waals surface area contributed by atoms with Crippen molar-refractivity contribution in [2.24, 2.45) is 15.9 Å². The third-order valence-electron chi connectivity index (χ3n) is 6.39. The van der Waals surface area contributed by atoms with E-state index >= 15 is 0 Å². The van der Waals surface area contributed by atoms with Crippen molar-refractivity contribution < 1.29 is 14.3 Å². The van der Waals surface area contributed by atoms with Gasteiger partial charge in [-0.25, -0.2) is 9.79 Å². The normalized spacial score (nSPS) is 19.9. The molecule has 0 saturated carbocycles. The predicted molar refractivity (Wildman–Crippen MR) is 148 cm³/mol. The molecule has 0 aromatic heterocycles. The van der Waals surface area contributed by atoms with Crippen molar-refractivity contribution >= 4 is 29.5 Å². The molecule has 194 valence electrons. The van der Waals surface area contributed by atoms with E-state index in [1.54, 1.807) is 20.6 Å². The van der Waals surface area contributed by atoms with Gasteiger partial charge in [-0.15, -0.1) is 0 Å². The maximum absolute atomic E-state index is 12.9. The summed E-state index contributed by atoms with van der Waals surface area (Å²) in [6.07, 6.45) is 10.5. The van der Waals surface area contributed by atoms with E-state index in [1.807, 2.05) is 41.3 Å². The first-order valence-corrected chi connectivity index (χ1v) is 12.7. The van der Waals surface area contributed by atoms with Crippen LogP contribution in [0.25, 0.3) is 0 Å². The number of anilines is 2. The number of hydrogen-bond acceptors (Lipinski definition) is 6. The second-order valence-corrected chi connectivity index (χ2v) is 8.91. The van der Waals surface area contributed by atoms with E-state index in [0.717, 1.165) is 48.5 Å². The number of carbonyl (C=O) groups is 1. The smallest absolute Gasteiger partial charge is 0.321 e. The van der Waals surface area contributed by atoms with E-state index in [4.69, 9.17) is 9.47 Å². The Morgan fingerprint density at radius 3 is 2.44 bits per heavy atom. The van der Waals surface area contributed by atoms with E-state index in [2.05, 4.69) is 34.1 Å². The van der Waals surface area contributed by atoms with Crippen molar-refractivity contribution in [3.05, 3.63) is 60.1 Å². The Bertz CT molecular complexity index is 1000. The van der Waals surface area contributed by atoms with Crippen molar-refractivity contribution in [1.82, 2.24) is 4.90 Å². The molecule has 2 amide bonds. The largest absolute Gasteiger partial charge is 0.493 e. The minimum atomic E-state index is -0.0816. The number of amides is 2. The van der Waals surface area contributed by atoms with Crippen LogP contribution in [0.5, 0.6) is 0 Å². The number of piperidine rings is 1. The topological polar surface area (TPSA) is 87.5 Å². The highest BCUT2D eigenvalue weighted by Crippen LogP contribution is 2.25. The molecule has 0 atom stereocenters. The van der Waals surface area contributed by atoms with Gasteiger partial charge in [0.05, 0.1) is 26.5 Å². The highest BCUT2D eigenvalue weighted by molar-refractivity contribution is 6.07. The van der Waals surface area contributed by atoms with Crippen LogP contribution >= 0.6 is 0 Å². The van der Waals surface area contributed by atoms with Gasteiger partial charge in [-0.2, -0.15) is 0 Å². The Morgan fingerprint density at radius 2 is 1.78 bits per heavy atom. The Kier molecular flexibility index (Phi) is 10.6. The minimum absolute atomic E-state index is 0.0816. The molecule has 0 spiro atoms. The summed E-state index contributed by atoms with van der Waals surface area (Å²) in [7, 11) is 3.21. The van der Waals surface area contributed by atoms with Crippen LogP contribution in [0.3, 0.4) is 0 Å². The fraction of sp³-hybridized carbons (Fsp3) is 0.464. The molecule has 8 nitrogen and oxygen atoms in total. The summed E-state index contributed by atoms with van der Waals surface area (Å²) in [5.74, 6) is 1.38. The molecule has 3 rings (SSSR count). The van der Waals surface area contributed by atoms with Gasteiger partial charge in [0, 0.05) is 36.9 Å². The molecule has 1 saturated heterocycles. The summed E-state index contributed by atoms with van der Waals surface area (Å²) in [6, 6.07) is 7.80. The van der Waals surface area contributed by atoms with Gasteiger partial charge in [-0.1, -0.05) is 26.3 Å². The van der Waals surface area contributed by atoms with Crippen LogP contribution in [0.1, 0.15) is 39.0 Å². The first kappa shape index (κ1) is 27.0. The van der Waals surface area contributed by atoms with Crippen LogP contribution in [0.2, 0.25) is 0 Å². The lowest BCUT2D eigenvalue weighted by Gasteiger charge is -2.32. The number of nitrogens with zero attached hydrogens (tertiary/aromatic N) is 3. The molecule has 0 bridgehead atoms. The number of hydrogen-bond donors (Lipinski definition) is 2. The highest BCUT2D eigenvalue weighted by Gasteiger charge is 2.27. The van der Waals surface area contributed by atoms with Gasteiger partial charge in [-0.3, -0.25) is 4.99 Å². The van der Waals surface area contributed by atoms with E-state index in [0.29, 0.717) is 31.2 Å². The van der Waals surface area contributed by atoms with Gasteiger partial charge in [0.1, 0.15) is 6.34 Å². The quantitative estimate of drug-likeness (QED) is 0.436. The molecule has 2 aliphatic heterocycles. The number of carbonyl (C=O) groups excluding carboxylic acids is 1. The lowest BCUT2D eigenvalue weighted by molar-refractivity contribution is 0.193. The summed E-state index contributed by atoms with van der Waals surface area (Å²) in [5, 5.41) is 6.44. The van der Waals surface area contributed by atoms with E-state index in [-0.39, 0.29) is 11.9 Å². The van der Waals surface area contributed by atoms with Crippen LogP contribution in [-0.4, -0.2) is 63.4 Å². The lowest BCUT2D eigenvalue weighted by Crippen LogP contribution is -2.42. The predicted octanol–water partition coefficient (Wildman–Crippen LogP) is 5.63. The maximum atomic E-state index is 12.9. The molecule has 8 heteroatoms. The first-order chi connectivity index (χ1) is 17.5. The second kappa shape index (κ2) is 14.1. The van der Waals surface area contributed by atoms with Crippen LogP contribution in [-0.2, 0) is 9.47 Å². The highest BCUT2D eigenvalue weighted by atomic mass is 16.5. The number of benzene rings is 1. The number of likely N-dealkylation sites (tertiary alicyclic amines) is 1. The van der Waals surface area contributed by atoms with Crippen LogP contribution in [0, 0.1) is 5.92 Å². The molecule has 1 fully saturated rings. The zero-order valence-corrected chi connectivity index (χ0v) is 21.8. The molecule has 2 N–H and O–H groups in total.